The molecule has 1 atom stereocenters. The van der Waals surface area contributed by atoms with Gasteiger partial charge >= 0.3 is 5.97 Å². The van der Waals surface area contributed by atoms with Gasteiger partial charge in [0.25, 0.3) is 5.91 Å². The molecule has 0 spiro atoms. The average Bonchev–Trinajstić information content (AvgIpc) is 3.03. The fourth-order valence-electron chi connectivity index (χ4n) is 2.15. The molecule has 0 saturated carbocycles. The average molecular weight is 377 g/mol. The molecule has 132 valence electrons. The highest BCUT2D eigenvalue weighted by atomic mass is 35.5. The van der Waals surface area contributed by atoms with Gasteiger partial charge in [-0.05, 0) is 31.0 Å². The minimum atomic E-state index is -4.07. The van der Waals surface area contributed by atoms with Crippen LogP contribution in [0.1, 0.15) is 23.2 Å². The molecular formula is C14H17ClN2O6S. The second kappa shape index (κ2) is 7.93. The number of esters is 1. The minimum Gasteiger partial charge on any atom is -0.452 e. The Kier molecular flexibility index (Phi) is 6.16. The van der Waals surface area contributed by atoms with Crippen molar-refractivity contribution in [2.24, 2.45) is 5.14 Å². The summed E-state index contributed by atoms with van der Waals surface area (Å²) >= 11 is 5.73. The summed E-state index contributed by atoms with van der Waals surface area (Å²) < 4.78 is 32.9. The first-order valence-corrected chi connectivity index (χ1v) is 9.07. The maximum Gasteiger partial charge on any atom is 0.338 e. The number of carbonyl (C=O) groups excluding carboxylic acids is 2. The van der Waals surface area contributed by atoms with E-state index in [0.717, 1.165) is 18.9 Å². The number of hydrogen-bond acceptors (Lipinski definition) is 6. The van der Waals surface area contributed by atoms with Crippen LogP contribution in [0.3, 0.4) is 0 Å². The Morgan fingerprint density at radius 2 is 2.17 bits per heavy atom. The highest BCUT2D eigenvalue weighted by Crippen LogP contribution is 2.21. The van der Waals surface area contributed by atoms with Gasteiger partial charge in [-0.1, -0.05) is 11.6 Å². The number of amides is 1. The number of nitrogens with one attached hydrogen (secondary N) is 1. The second-order valence-electron chi connectivity index (χ2n) is 5.21. The van der Waals surface area contributed by atoms with Gasteiger partial charge in [0.15, 0.2) is 6.61 Å². The number of ether oxygens (including phenoxy) is 2. The lowest BCUT2D eigenvalue weighted by molar-refractivity contribution is -0.124. The van der Waals surface area contributed by atoms with Gasteiger partial charge < -0.3 is 14.8 Å². The Labute approximate surface area is 144 Å². The molecule has 1 aliphatic rings. The first-order chi connectivity index (χ1) is 11.3. The van der Waals surface area contributed by atoms with E-state index in [9.17, 15) is 18.0 Å². The van der Waals surface area contributed by atoms with Gasteiger partial charge in [0.2, 0.25) is 10.0 Å². The molecule has 1 amide bonds. The van der Waals surface area contributed by atoms with E-state index in [-0.39, 0.29) is 21.6 Å². The maximum absolute atomic E-state index is 11.9. The summed E-state index contributed by atoms with van der Waals surface area (Å²) in [5, 5.41) is 7.50. The molecule has 0 aliphatic carbocycles. The smallest absolute Gasteiger partial charge is 0.338 e. The summed E-state index contributed by atoms with van der Waals surface area (Å²) in [5.74, 6) is -1.33. The monoisotopic (exact) mass is 376 g/mol. The van der Waals surface area contributed by atoms with Crippen molar-refractivity contribution in [3.8, 4) is 0 Å². The number of nitrogens with two attached hydrogens (primary N) is 1. The zero-order valence-corrected chi connectivity index (χ0v) is 14.2. The van der Waals surface area contributed by atoms with E-state index in [1.165, 1.54) is 12.1 Å². The van der Waals surface area contributed by atoms with Crippen molar-refractivity contribution >= 4 is 33.5 Å². The molecular weight excluding hydrogens is 360 g/mol. The molecule has 1 saturated heterocycles. The van der Waals surface area contributed by atoms with Gasteiger partial charge in [0.1, 0.15) is 4.90 Å². The number of primary sulfonamides is 1. The van der Waals surface area contributed by atoms with Crippen molar-refractivity contribution in [3.05, 3.63) is 28.8 Å². The van der Waals surface area contributed by atoms with Crippen LogP contribution in [0.15, 0.2) is 23.1 Å². The van der Waals surface area contributed by atoms with Crippen molar-refractivity contribution in [3.63, 3.8) is 0 Å². The van der Waals surface area contributed by atoms with Crippen LogP contribution in [0.25, 0.3) is 0 Å². The van der Waals surface area contributed by atoms with Gasteiger partial charge in [-0.2, -0.15) is 0 Å². The molecule has 0 radical (unpaired) electrons. The van der Waals surface area contributed by atoms with Gasteiger partial charge in [-0.15, -0.1) is 0 Å². The number of halogens is 1. The van der Waals surface area contributed by atoms with Crippen molar-refractivity contribution in [2.75, 3.05) is 19.8 Å². The predicted molar refractivity (Wildman–Crippen MR) is 85.1 cm³/mol. The standard InChI is InChI=1S/C14H17ClN2O6S/c15-11-4-3-9(6-12(11)24(16,20)21)14(19)23-8-13(18)17-7-10-2-1-5-22-10/h3-4,6,10H,1-2,5,7-8H2,(H,17,18)(H2,16,20,21). The third-order valence-electron chi connectivity index (χ3n) is 3.36. The highest BCUT2D eigenvalue weighted by molar-refractivity contribution is 7.89. The zero-order chi connectivity index (χ0) is 17.7. The topological polar surface area (TPSA) is 125 Å². The quantitative estimate of drug-likeness (QED) is 0.694. The molecule has 1 aliphatic heterocycles. The van der Waals surface area contributed by atoms with E-state index in [2.05, 4.69) is 5.32 Å². The highest BCUT2D eigenvalue weighted by Gasteiger charge is 2.19. The van der Waals surface area contributed by atoms with Crippen molar-refractivity contribution < 1.29 is 27.5 Å². The van der Waals surface area contributed by atoms with Crippen molar-refractivity contribution in [2.45, 2.75) is 23.8 Å². The van der Waals surface area contributed by atoms with Gasteiger partial charge in [0.05, 0.1) is 16.7 Å². The molecule has 1 unspecified atom stereocenters. The Hall–Kier alpha value is -1.68. The number of carbonyl (C=O) groups is 2. The molecule has 24 heavy (non-hydrogen) atoms. The van der Waals surface area contributed by atoms with Crippen LogP contribution in [-0.4, -0.2) is 46.2 Å². The molecule has 0 aromatic heterocycles. The van der Waals surface area contributed by atoms with E-state index in [0.29, 0.717) is 13.2 Å². The lowest BCUT2D eigenvalue weighted by atomic mass is 10.2. The third-order valence-corrected chi connectivity index (χ3v) is 4.75. The lowest BCUT2D eigenvalue weighted by Gasteiger charge is -2.11. The molecule has 10 heteroatoms. The molecule has 8 nitrogen and oxygen atoms in total. The van der Waals surface area contributed by atoms with E-state index < -0.39 is 28.5 Å². The SMILES string of the molecule is NS(=O)(=O)c1cc(C(=O)OCC(=O)NCC2CCCO2)ccc1Cl. The van der Waals surface area contributed by atoms with Crippen LogP contribution in [0.2, 0.25) is 5.02 Å². The maximum atomic E-state index is 11.9. The van der Waals surface area contributed by atoms with E-state index in [1.807, 2.05) is 0 Å². The fraction of sp³-hybridized carbons (Fsp3) is 0.429. The minimum absolute atomic E-state index is 0.0155. The van der Waals surface area contributed by atoms with Crippen LogP contribution < -0.4 is 10.5 Å². The van der Waals surface area contributed by atoms with E-state index in [1.54, 1.807) is 0 Å². The van der Waals surface area contributed by atoms with Crippen LogP contribution in [0, 0.1) is 0 Å². The zero-order valence-electron chi connectivity index (χ0n) is 12.7. The number of rotatable bonds is 6. The molecule has 1 aromatic rings. The lowest BCUT2D eigenvalue weighted by Crippen LogP contribution is -2.34. The van der Waals surface area contributed by atoms with Crippen molar-refractivity contribution in [1.29, 1.82) is 0 Å². The molecule has 1 heterocycles. The molecule has 3 N–H and O–H groups in total. The molecule has 2 rings (SSSR count). The van der Waals surface area contributed by atoms with Gasteiger partial charge in [-0.25, -0.2) is 18.4 Å². The molecule has 0 bridgehead atoms. The van der Waals surface area contributed by atoms with E-state index >= 15 is 0 Å². The normalized spacial score (nSPS) is 17.5. The summed E-state index contributed by atoms with van der Waals surface area (Å²) in [5.41, 5.74) is -0.0737. The van der Waals surface area contributed by atoms with Crippen molar-refractivity contribution in [1.82, 2.24) is 5.32 Å². The van der Waals surface area contributed by atoms with Gasteiger partial charge in [-0.3, -0.25) is 4.79 Å². The summed E-state index contributed by atoms with van der Waals surface area (Å²) in [4.78, 5) is 23.1. The predicted octanol–water partition coefficient (Wildman–Crippen LogP) is 0.439. The number of benzene rings is 1. The largest absolute Gasteiger partial charge is 0.452 e. The summed E-state index contributed by atoms with van der Waals surface area (Å²) in [7, 11) is -4.07. The first kappa shape index (κ1) is 18.7. The van der Waals surface area contributed by atoms with Crippen LogP contribution in [-0.2, 0) is 24.3 Å². The van der Waals surface area contributed by atoms with Crippen LogP contribution in [0.5, 0.6) is 0 Å². The van der Waals surface area contributed by atoms with E-state index in [4.69, 9.17) is 26.2 Å². The second-order valence-corrected chi connectivity index (χ2v) is 7.14. The third kappa shape index (κ3) is 5.17. The van der Waals surface area contributed by atoms with Crippen LogP contribution >= 0.6 is 11.6 Å². The summed E-state index contributed by atoms with van der Waals surface area (Å²) in [6.45, 7) is 0.546. The first-order valence-electron chi connectivity index (χ1n) is 7.15. The summed E-state index contributed by atoms with van der Waals surface area (Å²) in [6, 6.07) is 3.50. The van der Waals surface area contributed by atoms with Crippen LogP contribution in [0.4, 0.5) is 0 Å². The molecule has 1 fully saturated rings. The number of hydrogen-bond donors (Lipinski definition) is 2. The Morgan fingerprint density at radius 1 is 1.42 bits per heavy atom. The fourth-order valence-corrected chi connectivity index (χ4v) is 3.22. The molecule has 1 aromatic carbocycles. The summed E-state index contributed by atoms with van der Waals surface area (Å²) in [6.07, 6.45) is 1.82. The Bertz CT molecular complexity index is 731. The van der Waals surface area contributed by atoms with Gasteiger partial charge in [0, 0.05) is 13.2 Å². The number of sulfonamides is 1. The Morgan fingerprint density at radius 3 is 2.79 bits per heavy atom. The Balaban J connectivity index is 1.89.